The van der Waals surface area contributed by atoms with Crippen molar-refractivity contribution < 1.29 is 4.42 Å². The third kappa shape index (κ3) is 2.13. The van der Waals surface area contributed by atoms with Gasteiger partial charge in [0, 0.05) is 6.42 Å². The Morgan fingerprint density at radius 3 is 2.50 bits per heavy atom. The number of rotatable bonds is 3. The van der Waals surface area contributed by atoms with Crippen LogP contribution in [0.25, 0.3) is 0 Å². The van der Waals surface area contributed by atoms with E-state index in [0.717, 1.165) is 23.9 Å². The predicted molar refractivity (Wildman–Crippen MR) is 51.3 cm³/mol. The van der Waals surface area contributed by atoms with Crippen molar-refractivity contribution in [2.75, 3.05) is 0 Å². The van der Waals surface area contributed by atoms with Gasteiger partial charge < -0.3 is 4.42 Å². The fourth-order valence-corrected chi connectivity index (χ4v) is 1.24. The first-order chi connectivity index (χ1) is 5.63. The minimum atomic E-state index is 0.731. The summed E-state index contributed by atoms with van der Waals surface area (Å²) in [6.07, 6.45) is 2.30. The van der Waals surface area contributed by atoms with Gasteiger partial charge in [-0.05, 0) is 31.4 Å². The molecule has 1 aromatic rings. The van der Waals surface area contributed by atoms with Gasteiger partial charge in [-0.15, -0.1) is 0 Å². The van der Waals surface area contributed by atoms with E-state index in [0.29, 0.717) is 0 Å². The SMILES string of the molecule is CCC(C)Cc1cc(C)c(C)o1. The number of hydrogen-bond donors (Lipinski definition) is 0. The second kappa shape index (κ2) is 3.79. The average Bonchev–Trinajstić information content (AvgIpc) is 2.31. The molecule has 0 aliphatic rings. The second-order valence-corrected chi connectivity index (χ2v) is 3.67. The Labute approximate surface area is 74.8 Å². The molecule has 0 fully saturated rings. The zero-order valence-electron chi connectivity index (χ0n) is 8.48. The molecule has 0 aliphatic heterocycles. The zero-order chi connectivity index (χ0) is 9.14. The molecule has 0 N–H and O–H groups in total. The van der Waals surface area contributed by atoms with Gasteiger partial charge in [0.1, 0.15) is 11.5 Å². The van der Waals surface area contributed by atoms with E-state index in [1.165, 1.54) is 12.0 Å². The lowest BCUT2D eigenvalue weighted by Crippen LogP contribution is -1.95. The van der Waals surface area contributed by atoms with E-state index in [-0.39, 0.29) is 0 Å². The van der Waals surface area contributed by atoms with Crippen LogP contribution in [0.1, 0.15) is 37.4 Å². The van der Waals surface area contributed by atoms with Crippen LogP contribution in [-0.4, -0.2) is 0 Å². The molecule has 0 radical (unpaired) electrons. The fraction of sp³-hybridized carbons (Fsp3) is 0.636. The Hall–Kier alpha value is -0.720. The normalized spacial score (nSPS) is 13.3. The standard InChI is InChI=1S/C11H18O/c1-5-8(2)6-11-7-9(3)10(4)12-11/h7-8H,5-6H2,1-4H3. The lowest BCUT2D eigenvalue weighted by molar-refractivity contribution is 0.434. The van der Waals surface area contributed by atoms with E-state index in [1.807, 2.05) is 6.92 Å². The van der Waals surface area contributed by atoms with Crippen molar-refractivity contribution in [1.82, 2.24) is 0 Å². The molecule has 0 saturated heterocycles. The number of furan rings is 1. The Morgan fingerprint density at radius 1 is 1.42 bits per heavy atom. The molecule has 12 heavy (non-hydrogen) atoms. The van der Waals surface area contributed by atoms with Crippen molar-refractivity contribution in [3.63, 3.8) is 0 Å². The average molecular weight is 166 g/mol. The van der Waals surface area contributed by atoms with E-state index in [9.17, 15) is 0 Å². The summed E-state index contributed by atoms with van der Waals surface area (Å²) < 4.78 is 5.59. The van der Waals surface area contributed by atoms with Gasteiger partial charge in [0.25, 0.3) is 0 Å². The molecule has 1 heteroatoms. The van der Waals surface area contributed by atoms with E-state index in [2.05, 4.69) is 26.8 Å². The third-order valence-corrected chi connectivity index (χ3v) is 2.46. The predicted octanol–water partition coefficient (Wildman–Crippen LogP) is 3.49. The van der Waals surface area contributed by atoms with Crippen LogP contribution >= 0.6 is 0 Å². The van der Waals surface area contributed by atoms with Crippen molar-refractivity contribution in [3.05, 3.63) is 23.2 Å². The van der Waals surface area contributed by atoms with Gasteiger partial charge in [-0.1, -0.05) is 20.3 Å². The summed E-state index contributed by atoms with van der Waals surface area (Å²) in [7, 11) is 0. The Kier molecular flexibility index (Phi) is 2.96. The summed E-state index contributed by atoms with van der Waals surface area (Å²) in [6, 6.07) is 2.15. The van der Waals surface area contributed by atoms with Gasteiger partial charge in [0.05, 0.1) is 0 Å². The fourth-order valence-electron chi connectivity index (χ4n) is 1.24. The Balaban J connectivity index is 2.64. The van der Waals surface area contributed by atoms with Gasteiger partial charge >= 0.3 is 0 Å². The van der Waals surface area contributed by atoms with Gasteiger partial charge in [-0.3, -0.25) is 0 Å². The molecule has 0 aliphatic carbocycles. The topological polar surface area (TPSA) is 13.1 Å². The summed E-state index contributed by atoms with van der Waals surface area (Å²) in [5.41, 5.74) is 1.27. The van der Waals surface area contributed by atoms with Crippen LogP contribution in [0.5, 0.6) is 0 Å². The molecule has 1 heterocycles. The van der Waals surface area contributed by atoms with Crippen molar-refractivity contribution >= 4 is 0 Å². The molecule has 1 rings (SSSR count). The van der Waals surface area contributed by atoms with Crippen LogP contribution in [0, 0.1) is 19.8 Å². The lowest BCUT2D eigenvalue weighted by atomic mass is 10.0. The quantitative estimate of drug-likeness (QED) is 0.670. The second-order valence-electron chi connectivity index (χ2n) is 3.67. The molecular formula is C11H18O. The zero-order valence-corrected chi connectivity index (χ0v) is 8.48. The highest BCUT2D eigenvalue weighted by atomic mass is 16.3. The van der Waals surface area contributed by atoms with Crippen molar-refractivity contribution in [2.24, 2.45) is 5.92 Å². The third-order valence-electron chi connectivity index (χ3n) is 2.46. The molecule has 0 amide bonds. The minimum absolute atomic E-state index is 0.731. The van der Waals surface area contributed by atoms with Crippen LogP contribution in [-0.2, 0) is 6.42 Å². The van der Waals surface area contributed by atoms with Crippen LogP contribution < -0.4 is 0 Å². The van der Waals surface area contributed by atoms with Crippen LogP contribution in [0.3, 0.4) is 0 Å². The summed E-state index contributed by atoms with van der Waals surface area (Å²) >= 11 is 0. The van der Waals surface area contributed by atoms with E-state index in [4.69, 9.17) is 4.42 Å². The Morgan fingerprint density at radius 2 is 2.08 bits per heavy atom. The molecular weight excluding hydrogens is 148 g/mol. The van der Waals surface area contributed by atoms with Crippen LogP contribution in [0.4, 0.5) is 0 Å². The molecule has 1 atom stereocenters. The van der Waals surface area contributed by atoms with Crippen LogP contribution in [0.15, 0.2) is 10.5 Å². The number of hydrogen-bond acceptors (Lipinski definition) is 1. The van der Waals surface area contributed by atoms with E-state index in [1.54, 1.807) is 0 Å². The lowest BCUT2D eigenvalue weighted by Gasteiger charge is -2.03. The van der Waals surface area contributed by atoms with Gasteiger partial charge in [0.2, 0.25) is 0 Å². The molecule has 0 saturated carbocycles. The maximum absolute atomic E-state index is 5.59. The molecule has 0 spiro atoms. The monoisotopic (exact) mass is 166 g/mol. The molecule has 1 unspecified atom stereocenters. The first kappa shape index (κ1) is 9.37. The summed E-state index contributed by atoms with van der Waals surface area (Å²) in [5, 5.41) is 0. The highest BCUT2D eigenvalue weighted by molar-refractivity contribution is 5.18. The van der Waals surface area contributed by atoms with E-state index < -0.39 is 0 Å². The molecule has 1 nitrogen and oxygen atoms in total. The Bertz CT molecular complexity index is 228. The van der Waals surface area contributed by atoms with Crippen LogP contribution in [0.2, 0.25) is 0 Å². The van der Waals surface area contributed by atoms with Gasteiger partial charge in [-0.2, -0.15) is 0 Å². The summed E-state index contributed by atoms with van der Waals surface area (Å²) in [5.74, 6) is 2.93. The minimum Gasteiger partial charge on any atom is -0.466 e. The summed E-state index contributed by atoms with van der Waals surface area (Å²) in [4.78, 5) is 0. The highest BCUT2D eigenvalue weighted by Gasteiger charge is 2.06. The first-order valence-corrected chi connectivity index (χ1v) is 4.69. The maximum atomic E-state index is 5.59. The molecule has 1 aromatic heterocycles. The smallest absolute Gasteiger partial charge is 0.104 e. The number of aryl methyl sites for hydroxylation is 2. The molecule has 68 valence electrons. The largest absolute Gasteiger partial charge is 0.466 e. The van der Waals surface area contributed by atoms with Crippen molar-refractivity contribution in [1.29, 1.82) is 0 Å². The van der Waals surface area contributed by atoms with Gasteiger partial charge in [-0.25, -0.2) is 0 Å². The molecule has 0 bridgehead atoms. The summed E-state index contributed by atoms with van der Waals surface area (Å²) in [6.45, 7) is 8.59. The van der Waals surface area contributed by atoms with Crippen molar-refractivity contribution in [3.8, 4) is 0 Å². The van der Waals surface area contributed by atoms with Crippen molar-refractivity contribution in [2.45, 2.75) is 40.5 Å². The first-order valence-electron chi connectivity index (χ1n) is 4.69. The highest BCUT2D eigenvalue weighted by Crippen LogP contribution is 2.17. The molecule has 0 aromatic carbocycles. The van der Waals surface area contributed by atoms with Gasteiger partial charge in [0.15, 0.2) is 0 Å². The maximum Gasteiger partial charge on any atom is 0.104 e. The van der Waals surface area contributed by atoms with E-state index >= 15 is 0 Å².